The molecule has 4 aromatic rings. The number of nitrogens with one attached hydrogen (secondary N) is 1. The van der Waals surface area contributed by atoms with Gasteiger partial charge in [-0.25, -0.2) is 4.52 Å². The number of nitrogens with zero attached hydrogens (tertiary/aromatic N) is 2. The summed E-state index contributed by atoms with van der Waals surface area (Å²) in [5.41, 5.74) is 3.43. The van der Waals surface area contributed by atoms with Crippen molar-refractivity contribution in [2.45, 2.75) is 6.61 Å². The lowest BCUT2D eigenvalue weighted by Crippen LogP contribution is -2.05. The molecule has 0 spiro atoms. The van der Waals surface area contributed by atoms with Crippen molar-refractivity contribution in [1.29, 1.82) is 0 Å². The maximum Gasteiger partial charge on any atom is 0.378 e. The summed E-state index contributed by atoms with van der Waals surface area (Å²) in [7, 11) is 0. The Morgan fingerprint density at radius 1 is 1.04 bits per heavy atom. The summed E-state index contributed by atoms with van der Waals surface area (Å²) in [6.07, 6.45) is 1.73. The van der Waals surface area contributed by atoms with Gasteiger partial charge in [-0.3, -0.25) is 4.98 Å². The number of H-pyrrole nitrogens is 1. The first-order valence-electron chi connectivity index (χ1n) is 7.38. The number of aliphatic hydroxyl groups is 1. The van der Waals surface area contributed by atoms with E-state index >= 15 is 0 Å². The molecule has 4 rings (SSSR count). The quantitative estimate of drug-likeness (QED) is 0.587. The van der Waals surface area contributed by atoms with Crippen LogP contribution in [0.3, 0.4) is 0 Å². The second-order valence-electron chi connectivity index (χ2n) is 5.40. The molecular formula is C18H13BrN3O2+. The highest BCUT2D eigenvalue weighted by atomic mass is 79.9. The van der Waals surface area contributed by atoms with E-state index in [0.717, 1.165) is 32.1 Å². The molecule has 0 bridgehead atoms. The summed E-state index contributed by atoms with van der Waals surface area (Å²) in [4.78, 5) is 7.61. The highest BCUT2D eigenvalue weighted by Gasteiger charge is 2.19. The Bertz CT molecular complexity index is 1010. The Morgan fingerprint density at radius 2 is 1.88 bits per heavy atom. The van der Waals surface area contributed by atoms with Gasteiger partial charge in [0, 0.05) is 16.1 Å². The molecule has 24 heavy (non-hydrogen) atoms. The van der Waals surface area contributed by atoms with Gasteiger partial charge in [-0.05, 0) is 42.0 Å². The Labute approximate surface area is 146 Å². The summed E-state index contributed by atoms with van der Waals surface area (Å²) >= 11 is 3.42. The normalized spacial score (nSPS) is 11.1. The molecule has 0 saturated heterocycles. The fourth-order valence-corrected chi connectivity index (χ4v) is 2.76. The zero-order chi connectivity index (χ0) is 16.5. The van der Waals surface area contributed by atoms with Crippen LogP contribution in [-0.2, 0) is 6.61 Å². The van der Waals surface area contributed by atoms with Crippen LogP contribution in [0, 0.1) is 0 Å². The second kappa shape index (κ2) is 6.14. The van der Waals surface area contributed by atoms with Gasteiger partial charge in [0.15, 0.2) is 5.16 Å². The average Bonchev–Trinajstić information content (AvgIpc) is 3.11. The zero-order valence-electron chi connectivity index (χ0n) is 12.5. The summed E-state index contributed by atoms with van der Waals surface area (Å²) in [6.45, 7) is 0.00576. The fourth-order valence-electron chi connectivity index (χ4n) is 2.49. The standard InChI is InChI=1S/C18H12BrN3O2/c19-15-5-3-12(4-6-15)17-21-18(24-22-17)14-8-13-2-1-11(10-23)7-16(13)20-9-14/h1-9,23H,10H2/p+1. The van der Waals surface area contributed by atoms with Crippen LogP contribution in [0.5, 0.6) is 0 Å². The first-order chi connectivity index (χ1) is 11.7. The van der Waals surface area contributed by atoms with Gasteiger partial charge in [0.25, 0.3) is 0 Å². The summed E-state index contributed by atoms with van der Waals surface area (Å²) < 4.78 is 6.44. The number of aliphatic hydroxyl groups excluding tert-OH is 1. The van der Waals surface area contributed by atoms with Crippen molar-refractivity contribution in [1.82, 2.24) is 10.1 Å². The number of halogens is 1. The number of aromatic amines is 1. The average molecular weight is 383 g/mol. The lowest BCUT2D eigenvalue weighted by atomic mass is 10.1. The first kappa shape index (κ1) is 15.0. The number of hydrogen-bond acceptors (Lipinski definition) is 4. The van der Waals surface area contributed by atoms with Crippen molar-refractivity contribution < 1.29 is 14.6 Å². The van der Waals surface area contributed by atoms with E-state index in [9.17, 15) is 5.11 Å². The van der Waals surface area contributed by atoms with Crippen molar-refractivity contribution in [2.75, 3.05) is 0 Å². The van der Waals surface area contributed by atoms with Gasteiger partial charge >= 0.3 is 11.7 Å². The number of rotatable bonds is 3. The summed E-state index contributed by atoms with van der Waals surface area (Å²) in [5.74, 6) is 1.21. The van der Waals surface area contributed by atoms with E-state index in [1.807, 2.05) is 48.5 Å². The van der Waals surface area contributed by atoms with E-state index in [2.05, 4.69) is 31.1 Å². The van der Waals surface area contributed by atoms with Crippen LogP contribution in [0.25, 0.3) is 33.7 Å². The third-order valence-electron chi connectivity index (χ3n) is 3.77. The molecule has 0 saturated carbocycles. The van der Waals surface area contributed by atoms with E-state index < -0.39 is 0 Å². The summed E-state index contributed by atoms with van der Waals surface area (Å²) in [6, 6.07) is 15.5. The third-order valence-corrected chi connectivity index (χ3v) is 4.30. The van der Waals surface area contributed by atoms with Crippen molar-refractivity contribution in [3.8, 4) is 22.8 Å². The molecule has 2 aromatic heterocycles. The number of aromatic nitrogens is 3. The number of pyridine rings is 1. The molecule has 0 aliphatic rings. The monoisotopic (exact) mass is 382 g/mol. The van der Waals surface area contributed by atoms with Crippen LogP contribution in [0.1, 0.15) is 5.56 Å². The number of benzene rings is 2. The Morgan fingerprint density at radius 3 is 2.67 bits per heavy atom. The van der Waals surface area contributed by atoms with Gasteiger partial charge in [0.05, 0.1) is 23.3 Å². The molecule has 0 unspecified atom stereocenters. The van der Waals surface area contributed by atoms with E-state index in [4.69, 9.17) is 4.52 Å². The van der Waals surface area contributed by atoms with Crippen LogP contribution in [-0.4, -0.2) is 15.2 Å². The maximum absolute atomic E-state index is 9.20. The van der Waals surface area contributed by atoms with Gasteiger partial charge in [-0.1, -0.05) is 28.1 Å². The minimum Gasteiger partial charge on any atom is -0.392 e. The maximum atomic E-state index is 9.20. The van der Waals surface area contributed by atoms with E-state index in [0.29, 0.717) is 11.7 Å². The predicted molar refractivity (Wildman–Crippen MR) is 92.9 cm³/mol. The molecule has 0 aliphatic heterocycles. The fraction of sp³-hybridized carbons (Fsp3) is 0.0556. The van der Waals surface area contributed by atoms with Crippen LogP contribution < -0.4 is 4.98 Å². The Kier molecular flexibility index (Phi) is 3.84. The van der Waals surface area contributed by atoms with Gasteiger partial charge in [0.1, 0.15) is 0 Å². The van der Waals surface area contributed by atoms with Crippen LogP contribution in [0.15, 0.2) is 63.7 Å². The van der Waals surface area contributed by atoms with Crippen molar-refractivity contribution in [3.05, 3.63) is 64.8 Å². The smallest absolute Gasteiger partial charge is 0.378 e. The molecule has 2 N–H and O–H groups in total. The summed E-state index contributed by atoms with van der Waals surface area (Å²) in [5, 5.41) is 14.3. The van der Waals surface area contributed by atoms with E-state index in [1.54, 1.807) is 6.20 Å². The SMILES string of the molecule is OCc1ccc2cc(-c3[nH+]c(-c4ccc(Br)cc4)no3)cnc2c1. The van der Waals surface area contributed by atoms with Crippen LogP contribution in [0.2, 0.25) is 0 Å². The second-order valence-corrected chi connectivity index (χ2v) is 6.32. The molecule has 2 heterocycles. The third kappa shape index (κ3) is 2.81. The topological polar surface area (TPSA) is 73.3 Å². The minimum absolute atomic E-state index is 0.00576. The lowest BCUT2D eigenvalue weighted by Gasteiger charge is -2.00. The molecule has 5 nitrogen and oxygen atoms in total. The molecule has 0 atom stereocenters. The van der Waals surface area contributed by atoms with Crippen molar-refractivity contribution in [2.24, 2.45) is 0 Å². The molecule has 0 aliphatic carbocycles. The highest BCUT2D eigenvalue weighted by Crippen LogP contribution is 2.23. The number of hydrogen-bond donors (Lipinski definition) is 1. The van der Waals surface area contributed by atoms with Crippen LogP contribution in [0.4, 0.5) is 0 Å². The lowest BCUT2D eigenvalue weighted by molar-refractivity contribution is -0.356. The molecule has 2 aromatic carbocycles. The molecule has 0 fully saturated rings. The first-order valence-corrected chi connectivity index (χ1v) is 8.17. The Hall–Kier alpha value is -2.57. The van der Waals surface area contributed by atoms with Gasteiger partial charge in [0.2, 0.25) is 0 Å². The van der Waals surface area contributed by atoms with Crippen LogP contribution >= 0.6 is 15.9 Å². The Balaban J connectivity index is 1.71. The zero-order valence-corrected chi connectivity index (χ0v) is 14.1. The largest absolute Gasteiger partial charge is 0.392 e. The highest BCUT2D eigenvalue weighted by molar-refractivity contribution is 9.10. The van der Waals surface area contributed by atoms with Crippen molar-refractivity contribution in [3.63, 3.8) is 0 Å². The number of fused-ring (bicyclic) bond motifs is 1. The molecule has 0 radical (unpaired) electrons. The molecular weight excluding hydrogens is 370 g/mol. The predicted octanol–water partition coefficient (Wildman–Crippen LogP) is 3.63. The van der Waals surface area contributed by atoms with Gasteiger partial charge in [-0.15, -0.1) is 0 Å². The molecule has 118 valence electrons. The molecule has 0 amide bonds. The molecule has 6 heteroatoms. The minimum atomic E-state index is 0.00576. The van der Waals surface area contributed by atoms with E-state index in [1.165, 1.54) is 0 Å². The van der Waals surface area contributed by atoms with Gasteiger partial charge < -0.3 is 5.11 Å². The van der Waals surface area contributed by atoms with Gasteiger partial charge in [-0.2, -0.15) is 4.98 Å². The van der Waals surface area contributed by atoms with Crippen molar-refractivity contribution >= 4 is 26.8 Å². The van der Waals surface area contributed by atoms with E-state index in [-0.39, 0.29) is 6.61 Å².